The topological polar surface area (TPSA) is 109 Å². The van der Waals surface area contributed by atoms with Crippen molar-refractivity contribution in [2.75, 3.05) is 16.8 Å². The third-order valence-electron chi connectivity index (χ3n) is 2.40. The number of carboxylic acid groups (broad SMARTS) is 1. The molecule has 0 bridgehead atoms. The van der Waals surface area contributed by atoms with Crippen molar-refractivity contribution < 1.29 is 19.5 Å². The van der Waals surface area contributed by atoms with Crippen molar-refractivity contribution in [3.63, 3.8) is 0 Å². The molecule has 20 heavy (non-hydrogen) atoms. The van der Waals surface area contributed by atoms with Crippen LogP contribution in [0.3, 0.4) is 0 Å². The first-order valence-electron chi connectivity index (χ1n) is 5.87. The number of hydrogen-bond acceptors (Lipinski definition) is 5. The Morgan fingerprint density at radius 1 is 1.40 bits per heavy atom. The first kappa shape index (κ1) is 16.2. The minimum absolute atomic E-state index is 0.0806. The number of hydrogen-bond donors (Lipinski definition) is 3. The number of aliphatic carboxylic acids is 1. The van der Waals surface area contributed by atoms with Gasteiger partial charge in [-0.2, -0.15) is 0 Å². The highest BCUT2D eigenvalue weighted by Crippen LogP contribution is 2.12. The average Bonchev–Trinajstić information content (AvgIpc) is 2.38. The molecule has 0 spiro atoms. The number of thioether (sulfide) groups is 1. The van der Waals surface area contributed by atoms with Crippen LogP contribution in [0.4, 0.5) is 5.69 Å². The van der Waals surface area contributed by atoms with Gasteiger partial charge in [-0.15, -0.1) is 11.8 Å². The Kier molecular flexibility index (Phi) is 6.20. The van der Waals surface area contributed by atoms with E-state index in [9.17, 15) is 14.4 Å². The molecule has 108 valence electrons. The molecule has 0 heterocycles. The summed E-state index contributed by atoms with van der Waals surface area (Å²) < 4.78 is 0. The zero-order chi connectivity index (χ0) is 15.1. The van der Waals surface area contributed by atoms with E-state index in [1.165, 1.54) is 6.92 Å². The lowest BCUT2D eigenvalue weighted by molar-refractivity contribution is -0.137. The van der Waals surface area contributed by atoms with Crippen molar-refractivity contribution in [3.05, 3.63) is 29.8 Å². The summed E-state index contributed by atoms with van der Waals surface area (Å²) in [5.41, 5.74) is 6.37. The predicted molar refractivity (Wildman–Crippen MR) is 78.0 cm³/mol. The van der Waals surface area contributed by atoms with Gasteiger partial charge in [0.1, 0.15) is 6.04 Å². The Bertz CT molecular complexity index is 519. The second-order valence-corrected chi connectivity index (χ2v) is 5.18. The molecule has 1 aromatic rings. The lowest BCUT2D eigenvalue weighted by atomic mass is 10.1. The number of ketones is 1. The predicted octanol–water partition coefficient (Wildman–Crippen LogP) is 0.973. The maximum atomic E-state index is 11.6. The van der Waals surface area contributed by atoms with Crippen molar-refractivity contribution in [2.45, 2.75) is 13.0 Å². The number of benzene rings is 1. The van der Waals surface area contributed by atoms with Crippen LogP contribution in [0.1, 0.15) is 17.3 Å². The lowest BCUT2D eigenvalue weighted by Crippen LogP contribution is -2.33. The molecule has 1 aromatic carbocycles. The van der Waals surface area contributed by atoms with Gasteiger partial charge in [0.05, 0.1) is 5.75 Å². The van der Waals surface area contributed by atoms with Gasteiger partial charge in [-0.1, -0.05) is 12.1 Å². The van der Waals surface area contributed by atoms with E-state index in [0.717, 1.165) is 11.8 Å². The van der Waals surface area contributed by atoms with Crippen LogP contribution in [0, 0.1) is 0 Å². The maximum Gasteiger partial charge on any atom is 0.321 e. The molecule has 0 radical (unpaired) electrons. The zero-order valence-electron chi connectivity index (χ0n) is 11.0. The quantitative estimate of drug-likeness (QED) is 0.647. The number of Topliss-reactive ketones (excluding diaryl/α,β-unsaturated/α-hetero) is 1. The molecule has 0 aromatic heterocycles. The second-order valence-electron chi connectivity index (χ2n) is 4.15. The number of carbonyl (C=O) groups excluding carboxylic acids is 2. The van der Waals surface area contributed by atoms with Crippen LogP contribution in [0.15, 0.2) is 24.3 Å². The van der Waals surface area contributed by atoms with Gasteiger partial charge in [-0.25, -0.2) is 0 Å². The molecule has 0 fully saturated rings. The summed E-state index contributed by atoms with van der Waals surface area (Å²) in [5.74, 6) is -1.18. The number of amides is 1. The number of rotatable bonds is 7. The molecular weight excluding hydrogens is 280 g/mol. The monoisotopic (exact) mass is 296 g/mol. The van der Waals surface area contributed by atoms with E-state index in [2.05, 4.69) is 5.32 Å². The number of anilines is 1. The highest BCUT2D eigenvalue weighted by Gasteiger charge is 2.12. The first-order valence-corrected chi connectivity index (χ1v) is 7.02. The van der Waals surface area contributed by atoms with E-state index >= 15 is 0 Å². The van der Waals surface area contributed by atoms with Crippen LogP contribution in [0.2, 0.25) is 0 Å². The summed E-state index contributed by atoms with van der Waals surface area (Å²) in [7, 11) is 0. The van der Waals surface area contributed by atoms with Crippen molar-refractivity contribution in [3.8, 4) is 0 Å². The van der Waals surface area contributed by atoms with E-state index in [1.54, 1.807) is 24.3 Å². The summed E-state index contributed by atoms with van der Waals surface area (Å²) >= 11 is 1.14. The van der Waals surface area contributed by atoms with Gasteiger partial charge in [-0.3, -0.25) is 14.4 Å². The van der Waals surface area contributed by atoms with Crippen LogP contribution < -0.4 is 11.1 Å². The molecule has 0 saturated carbocycles. The molecule has 1 rings (SSSR count). The third kappa shape index (κ3) is 5.41. The molecule has 1 atom stereocenters. The SMILES string of the molecule is CC(=O)c1cccc(NC(=O)CSC[C@@H](N)C(=O)O)c1. The number of nitrogens with one attached hydrogen (secondary N) is 1. The minimum Gasteiger partial charge on any atom is -0.480 e. The Morgan fingerprint density at radius 2 is 2.10 bits per heavy atom. The summed E-state index contributed by atoms with van der Waals surface area (Å²) in [6, 6.07) is 5.64. The lowest BCUT2D eigenvalue weighted by Gasteiger charge is -2.08. The van der Waals surface area contributed by atoms with Gasteiger partial charge in [0.25, 0.3) is 0 Å². The molecule has 6 nitrogen and oxygen atoms in total. The highest BCUT2D eigenvalue weighted by molar-refractivity contribution is 8.00. The average molecular weight is 296 g/mol. The van der Waals surface area contributed by atoms with Crippen molar-refractivity contribution in [1.82, 2.24) is 0 Å². The third-order valence-corrected chi connectivity index (χ3v) is 3.46. The Labute approximate surface area is 120 Å². The van der Waals surface area contributed by atoms with Gasteiger partial charge in [-0.05, 0) is 19.1 Å². The van der Waals surface area contributed by atoms with Crippen molar-refractivity contribution >= 4 is 35.1 Å². The minimum atomic E-state index is -1.09. The van der Waals surface area contributed by atoms with E-state index in [1.807, 2.05) is 0 Å². The molecule has 0 unspecified atom stereocenters. The second kappa shape index (κ2) is 7.66. The largest absolute Gasteiger partial charge is 0.480 e. The Morgan fingerprint density at radius 3 is 2.70 bits per heavy atom. The summed E-state index contributed by atoms with van der Waals surface area (Å²) in [6.07, 6.45) is 0. The summed E-state index contributed by atoms with van der Waals surface area (Å²) in [5, 5.41) is 11.2. The summed E-state index contributed by atoms with van der Waals surface area (Å²) in [6.45, 7) is 1.45. The number of nitrogens with two attached hydrogens (primary N) is 1. The molecule has 0 aliphatic rings. The van der Waals surface area contributed by atoms with Gasteiger partial charge in [0, 0.05) is 17.0 Å². The van der Waals surface area contributed by atoms with Crippen molar-refractivity contribution in [1.29, 1.82) is 0 Å². The first-order chi connectivity index (χ1) is 9.40. The molecule has 7 heteroatoms. The van der Waals surface area contributed by atoms with Crippen molar-refractivity contribution in [2.24, 2.45) is 5.73 Å². The smallest absolute Gasteiger partial charge is 0.321 e. The Balaban J connectivity index is 2.44. The van der Waals surface area contributed by atoms with Gasteiger partial charge >= 0.3 is 5.97 Å². The normalized spacial score (nSPS) is 11.7. The highest BCUT2D eigenvalue weighted by atomic mass is 32.2. The number of carboxylic acids is 1. The van der Waals surface area contributed by atoms with E-state index < -0.39 is 12.0 Å². The van der Waals surface area contributed by atoms with Gasteiger partial charge < -0.3 is 16.2 Å². The van der Waals surface area contributed by atoms with Crippen LogP contribution >= 0.6 is 11.8 Å². The molecule has 0 aliphatic heterocycles. The van der Waals surface area contributed by atoms with Gasteiger partial charge in [0.15, 0.2) is 5.78 Å². The fraction of sp³-hybridized carbons (Fsp3) is 0.308. The van der Waals surface area contributed by atoms with Gasteiger partial charge in [0.2, 0.25) is 5.91 Å². The Hall–Kier alpha value is -1.86. The maximum absolute atomic E-state index is 11.6. The fourth-order valence-corrected chi connectivity index (χ4v) is 2.13. The van der Waals surface area contributed by atoms with Crippen LogP contribution in [-0.2, 0) is 9.59 Å². The van der Waals surface area contributed by atoms with E-state index in [4.69, 9.17) is 10.8 Å². The van der Waals surface area contributed by atoms with Crippen LogP contribution in [0.25, 0.3) is 0 Å². The fourth-order valence-electron chi connectivity index (χ4n) is 1.36. The molecule has 0 saturated heterocycles. The van der Waals surface area contributed by atoms with Crippen LogP contribution in [0.5, 0.6) is 0 Å². The van der Waals surface area contributed by atoms with Crippen LogP contribution in [-0.4, -0.2) is 40.3 Å². The standard InChI is InChI=1S/C13H16N2O4S/c1-8(16)9-3-2-4-10(5-9)15-12(17)7-20-6-11(14)13(18)19/h2-5,11H,6-7,14H2,1H3,(H,15,17)(H,18,19)/t11-/m1/s1. The molecule has 4 N–H and O–H groups in total. The number of carbonyl (C=O) groups is 3. The molecular formula is C13H16N2O4S. The molecule has 1 amide bonds. The zero-order valence-corrected chi connectivity index (χ0v) is 11.8. The van der Waals surface area contributed by atoms with E-state index in [0.29, 0.717) is 11.3 Å². The summed E-state index contributed by atoms with van der Waals surface area (Å²) in [4.78, 5) is 33.3. The molecule has 0 aliphatic carbocycles. The van der Waals surface area contributed by atoms with E-state index in [-0.39, 0.29) is 23.2 Å².